The Kier molecular flexibility index (Phi) is 2.97. The van der Waals surface area contributed by atoms with E-state index >= 15 is 0 Å². The molecule has 2 rings (SSSR count). The molecule has 0 spiro atoms. The van der Waals surface area contributed by atoms with Crippen LogP contribution in [-0.2, 0) is 13.0 Å². The third kappa shape index (κ3) is 2.15. The number of aromatic amines is 1. The van der Waals surface area contributed by atoms with E-state index in [1.54, 1.807) is 11.3 Å². The molecule has 2 heterocycles. The second-order valence-electron chi connectivity index (χ2n) is 3.23. The summed E-state index contributed by atoms with van der Waals surface area (Å²) in [6, 6.07) is 0. The molecule has 2 aromatic rings. The summed E-state index contributed by atoms with van der Waals surface area (Å²) in [5.74, 6) is 0.992. The minimum Gasteiger partial charge on any atom is -0.299 e. The van der Waals surface area contributed by atoms with Crippen LogP contribution >= 0.6 is 23.6 Å². The molecule has 6 heteroatoms. The summed E-state index contributed by atoms with van der Waals surface area (Å²) in [6.07, 6.45) is 2.78. The normalized spacial score (nSPS) is 10.8. The third-order valence-electron chi connectivity index (χ3n) is 2.14. The number of hydrogen-bond donors (Lipinski definition) is 1. The molecule has 15 heavy (non-hydrogen) atoms. The number of aryl methyl sites for hydroxylation is 2. The standard InChI is InChI=1S/C9H12N4S2/c1-3-8-11-12-9(14)13(8)5-7-4-10-6(2)15-7/h4H,3,5H2,1-2H3,(H,12,14). The van der Waals surface area contributed by atoms with Crippen molar-refractivity contribution in [1.82, 2.24) is 19.7 Å². The van der Waals surface area contributed by atoms with E-state index in [1.807, 2.05) is 17.7 Å². The zero-order valence-corrected chi connectivity index (χ0v) is 10.3. The summed E-state index contributed by atoms with van der Waals surface area (Å²) in [5, 5.41) is 8.06. The molecule has 4 nitrogen and oxygen atoms in total. The van der Waals surface area contributed by atoms with Gasteiger partial charge in [-0.2, -0.15) is 5.10 Å². The van der Waals surface area contributed by atoms with Crippen molar-refractivity contribution in [2.24, 2.45) is 0 Å². The van der Waals surface area contributed by atoms with Crippen molar-refractivity contribution < 1.29 is 0 Å². The summed E-state index contributed by atoms with van der Waals surface area (Å²) >= 11 is 6.87. The zero-order chi connectivity index (χ0) is 10.8. The SMILES string of the molecule is CCc1n[nH]c(=S)n1Cc1cnc(C)s1. The van der Waals surface area contributed by atoms with Crippen LogP contribution in [0.5, 0.6) is 0 Å². The number of aromatic nitrogens is 4. The van der Waals surface area contributed by atoms with Gasteiger partial charge in [-0.1, -0.05) is 6.92 Å². The van der Waals surface area contributed by atoms with Gasteiger partial charge >= 0.3 is 0 Å². The molecule has 0 aliphatic carbocycles. The lowest BCUT2D eigenvalue weighted by molar-refractivity contribution is 0.731. The number of H-pyrrole nitrogens is 1. The van der Waals surface area contributed by atoms with Crippen molar-refractivity contribution >= 4 is 23.6 Å². The average molecular weight is 240 g/mol. The predicted molar refractivity (Wildman–Crippen MR) is 62.7 cm³/mol. The van der Waals surface area contributed by atoms with Gasteiger partial charge in [0.2, 0.25) is 0 Å². The Morgan fingerprint density at radius 1 is 1.60 bits per heavy atom. The van der Waals surface area contributed by atoms with E-state index in [1.165, 1.54) is 4.88 Å². The Hall–Kier alpha value is -1.01. The van der Waals surface area contributed by atoms with E-state index in [0.29, 0.717) is 4.77 Å². The van der Waals surface area contributed by atoms with Crippen LogP contribution in [0.2, 0.25) is 0 Å². The number of hydrogen-bond acceptors (Lipinski definition) is 4. The molecule has 0 saturated heterocycles. The molecule has 0 atom stereocenters. The first kappa shape index (κ1) is 10.5. The Balaban J connectivity index is 2.31. The van der Waals surface area contributed by atoms with Gasteiger partial charge in [-0.15, -0.1) is 11.3 Å². The fraction of sp³-hybridized carbons (Fsp3) is 0.444. The zero-order valence-electron chi connectivity index (χ0n) is 8.65. The lowest BCUT2D eigenvalue weighted by Crippen LogP contribution is -2.03. The molecule has 0 aliphatic rings. The fourth-order valence-electron chi connectivity index (χ4n) is 1.42. The molecule has 0 aromatic carbocycles. The van der Waals surface area contributed by atoms with Crippen molar-refractivity contribution in [3.63, 3.8) is 0 Å². The molecule has 1 N–H and O–H groups in total. The van der Waals surface area contributed by atoms with Crippen LogP contribution in [0.1, 0.15) is 22.6 Å². The van der Waals surface area contributed by atoms with Gasteiger partial charge in [0, 0.05) is 17.5 Å². The Bertz CT molecular complexity index is 508. The van der Waals surface area contributed by atoms with Gasteiger partial charge in [0.05, 0.1) is 11.6 Å². The second kappa shape index (κ2) is 4.24. The van der Waals surface area contributed by atoms with Crippen molar-refractivity contribution in [3.05, 3.63) is 26.7 Å². The molecule has 0 bridgehead atoms. The highest BCUT2D eigenvalue weighted by Crippen LogP contribution is 2.14. The maximum absolute atomic E-state index is 5.17. The van der Waals surface area contributed by atoms with Crippen LogP contribution < -0.4 is 0 Å². The van der Waals surface area contributed by atoms with Crippen LogP contribution in [0.3, 0.4) is 0 Å². The van der Waals surface area contributed by atoms with Crippen LogP contribution in [0, 0.1) is 11.7 Å². The minimum absolute atomic E-state index is 0.679. The highest BCUT2D eigenvalue weighted by atomic mass is 32.1. The lowest BCUT2D eigenvalue weighted by Gasteiger charge is -2.01. The number of thiazole rings is 1. The first-order chi connectivity index (χ1) is 7.20. The molecular weight excluding hydrogens is 228 g/mol. The minimum atomic E-state index is 0.679. The van der Waals surface area contributed by atoms with Crippen molar-refractivity contribution in [3.8, 4) is 0 Å². The Morgan fingerprint density at radius 3 is 3.00 bits per heavy atom. The molecule has 0 fully saturated rings. The van der Waals surface area contributed by atoms with Crippen LogP contribution in [0.25, 0.3) is 0 Å². The predicted octanol–water partition coefficient (Wildman–Crippen LogP) is 2.32. The molecule has 0 unspecified atom stereocenters. The summed E-state index contributed by atoms with van der Waals surface area (Å²) in [5.41, 5.74) is 0. The first-order valence-corrected chi connectivity index (χ1v) is 5.98. The largest absolute Gasteiger partial charge is 0.299 e. The molecule has 2 aromatic heterocycles. The number of nitrogens with one attached hydrogen (secondary N) is 1. The van der Waals surface area contributed by atoms with Gasteiger partial charge in [-0.05, 0) is 19.1 Å². The first-order valence-electron chi connectivity index (χ1n) is 4.76. The lowest BCUT2D eigenvalue weighted by atomic mass is 10.4. The van der Waals surface area contributed by atoms with E-state index in [4.69, 9.17) is 12.2 Å². The molecule has 0 aliphatic heterocycles. The van der Waals surface area contributed by atoms with Gasteiger partial charge in [-0.3, -0.25) is 9.67 Å². The highest BCUT2D eigenvalue weighted by Gasteiger charge is 2.06. The summed E-state index contributed by atoms with van der Waals surface area (Å²) in [4.78, 5) is 5.43. The summed E-state index contributed by atoms with van der Waals surface area (Å²) in [7, 11) is 0. The summed E-state index contributed by atoms with van der Waals surface area (Å²) in [6.45, 7) is 4.84. The highest BCUT2D eigenvalue weighted by molar-refractivity contribution is 7.71. The summed E-state index contributed by atoms with van der Waals surface area (Å²) < 4.78 is 2.69. The average Bonchev–Trinajstić information content (AvgIpc) is 2.76. The van der Waals surface area contributed by atoms with Gasteiger partial charge in [-0.25, -0.2) is 4.98 Å². The Morgan fingerprint density at radius 2 is 2.40 bits per heavy atom. The van der Waals surface area contributed by atoms with E-state index in [2.05, 4.69) is 22.1 Å². The van der Waals surface area contributed by atoms with Crippen LogP contribution in [-0.4, -0.2) is 19.7 Å². The van der Waals surface area contributed by atoms with Gasteiger partial charge in [0.15, 0.2) is 4.77 Å². The number of rotatable bonds is 3. The quantitative estimate of drug-likeness (QED) is 0.837. The monoisotopic (exact) mass is 240 g/mol. The van der Waals surface area contributed by atoms with Crippen LogP contribution in [0.15, 0.2) is 6.20 Å². The van der Waals surface area contributed by atoms with Crippen LogP contribution in [0.4, 0.5) is 0 Å². The van der Waals surface area contributed by atoms with E-state index < -0.39 is 0 Å². The molecule has 0 amide bonds. The van der Waals surface area contributed by atoms with E-state index in [9.17, 15) is 0 Å². The maximum atomic E-state index is 5.17. The topological polar surface area (TPSA) is 46.5 Å². The maximum Gasteiger partial charge on any atom is 0.195 e. The Labute approximate surface area is 97.0 Å². The smallest absolute Gasteiger partial charge is 0.195 e. The molecule has 0 radical (unpaired) electrons. The number of nitrogens with zero attached hydrogens (tertiary/aromatic N) is 3. The molecule has 80 valence electrons. The van der Waals surface area contributed by atoms with Gasteiger partial charge < -0.3 is 0 Å². The van der Waals surface area contributed by atoms with Crippen molar-refractivity contribution in [2.45, 2.75) is 26.8 Å². The van der Waals surface area contributed by atoms with Crippen molar-refractivity contribution in [1.29, 1.82) is 0 Å². The van der Waals surface area contributed by atoms with Crippen molar-refractivity contribution in [2.75, 3.05) is 0 Å². The van der Waals surface area contributed by atoms with Gasteiger partial charge in [0.1, 0.15) is 5.82 Å². The molecule has 0 saturated carbocycles. The third-order valence-corrected chi connectivity index (χ3v) is 3.35. The van der Waals surface area contributed by atoms with E-state index in [0.717, 1.165) is 23.8 Å². The fourth-order valence-corrected chi connectivity index (χ4v) is 2.42. The van der Waals surface area contributed by atoms with E-state index in [-0.39, 0.29) is 0 Å². The van der Waals surface area contributed by atoms with Gasteiger partial charge in [0.25, 0.3) is 0 Å². The second-order valence-corrected chi connectivity index (χ2v) is 4.94. The molecular formula is C9H12N4S2.